The molecule has 0 aliphatic carbocycles. The van der Waals surface area contributed by atoms with Gasteiger partial charge in [-0.3, -0.25) is 4.57 Å². The summed E-state index contributed by atoms with van der Waals surface area (Å²) in [6.07, 6.45) is 0. The quantitative estimate of drug-likeness (QED) is 0.341. The fraction of sp³-hybridized carbons (Fsp3) is 0.182. The monoisotopic (exact) mass is 430 g/mol. The minimum atomic E-state index is -4.00. The summed E-state index contributed by atoms with van der Waals surface area (Å²) >= 11 is -2.46. The largest absolute Gasteiger partial charge is 0.353 e. The highest BCUT2D eigenvalue weighted by Gasteiger charge is 2.42. The molecule has 29 heavy (non-hydrogen) atoms. The average Bonchev–Trinajstić information content (AvgIpc) is 2.74. The van der Waals surface area contributed by atoms with Crippen molar-refractivity contribution in [1.82, 2.24) is 0 Å². The van der Waals surface area contributed by atoms with E-state index in [0.29, 0.717) is 5.56 Å². The van der Waals surface area contributed by atoms with Crippen molar-refractivity contribution in [2.24, 2.45) is 0 Å². The molecular formula is C22H23O5PS. The van der Waals surface area contributed by atoms with Gasteiger partial charge in [0.1, 0.15) is 0 Å². The summed E-state index contributed by atoms with van der Waals surface area (Å²) in [5.41, 5.74) is 3.01. The van der Waals surface area contributed by atoms with Crippen molar-refractivity contribution in [1.29, 1.82) is 0 Å². The van der Waals surface area contributed by atoms with E-state index in [0.717, 1.165) is 16.7 Å². The molecule has 0 aromatic heterocycles. The molecule has 0 radical (unpaired) electrons. The third kappa shape index (κ3) is 5.95. The lowest BCUT2D eigenvalue weighted by molar-refractivity contribution is 0.188. The maximum atomic E-state index is 13.8. The smallest absolute Gasteiger partial charge is 0.305 e. The van der Waals surface area contributed by atoms with Gasteiger partial charge in [0.05, 0.1) is 13.2 Å². The first-order chi connectivity index (χ1) is 14.0. The molecule has 0 aliphatic heterocycles. The van der Waals surface area contributed by atoms with Crippen LogP contribution < -0.4 is 0 Å². The highest BCUT2D eigenvalue weighted by molar-refractivity contribution is 7.88. The molecule has 0 aliphatic rings. The Bertz CT molecular complexity index is 930. The predicted molar refractivity (Wildman–Crippen MR) is 115 cm³/mol. The van der Waals surface area contributed by atoms with Crippen LogP contribution in [0.1, 0.15) is 27.2 Å². The number of benzene rings is 3. The SMILES string of the molecule is Cc1ccc(C(S(=O)O)P(=O)(OCc2ccccc2)OCc2ccccc2)cc1. The Kier molecular flexibility index (Phi) is 7.53. The average molecular weight is 430 g/mol. The van der Waals surface area contributed by atoms with Gasteiger partial charge in [-0.15, -0.1) is 0 Å². The third-order valence-corrected chi connectivity index (χ3v) is 8.17. The van der Waals surface area contributed by atoms with E-state index in [-0.39, 0.29) is 13.2 Å². The molecule has 5 nitrogen and oxygen atoms in total. The molecular weight excluding hydrogens is 407 g/mol. The normalized spacial score (nSPS) is 13.7. The molecule has 3 rings (SSSR count). The molecule has 3 aromatic carbocycles. The van der Waals surface area contributed by atoms with Crippen molar-refractivity contribution >= 4 is 18.7 Å². The topological polar surface area (TPSA) is 72.8 Å². The van der Waals surface area contributed by atoms with E-state index in [1.54, 1.807) is 24.3 Å². The summed E-state index contributed by atoms with van der Waals surface area (Å²) in [4.78, 5) is -1.31. The Hall–Kier alpha value is -2.08. The Balaban J connectivity index is 1.91. The third-order valence-electron chi connectivity index (χ3n) is 4.35. The van der Waals surface area contributed by atoms with E-state index >= 15 is 0 Å². The zero-order valence-corrected chi connectivity index (χ0v) is 17.7. The summed E-state index contributed by atoms with van der Waals surface area (Å²) in [5, 5.41) is 0. The van der Waals surface area contributed by atoms with Gasteiger partial charge in [-0.25, -0.2) is 4.21 Å². The van der Waals surface area contributed by atoms with Crippen LogP contribution in [0.25, 0.3) is 0 Å². The summed E-state index contributed by atoms with van der Waals surface area (Å²) in [6, 6.07) is 25.4. The number of hydrogen-bond donors (Lipinski definition) is 1. The summed E-state index contributed by atoms with van der Waals surface area (Å²) in [5.74, 6) is 0. The van der Waals surface area contributed by atoms with Gasteiger partial charge >= 0.3 is 7.60 Å². The molecule has 7 heteroatoms. The fourth-order valence-electron chi connectivity index (χ4n) is 2.79. The maximum absolute atomic E-state index is 13.8. The van der Waals surface area contributed by atoms with Gasteiger partial charge in [0.2, 0.25) is 0 Å². The standard InChI is InChI=1S/C22H23O5PS/c1-18-12-14-21(15-13-18)22(29(24)25)28(23,26-16-19-8-4-2-5-9-19)27-17-20-10-6-3-7-11-20/h2-15,22H,16-17H2,1H3,(H,24,25). The van der Waals surface area contributed by atoms with Crippen molar-refractivity contribution < 1.29 is 22.4 Å². The Morgan fingerprint density at radius 1 is 0.828 bits per heavy atom. The van der Waals surface area contributed by atoms with E-state index in [2.05, 4.69) is 0 Å². The van der Waals surface area contributed by atoms with Crippen molar-refractivity contribution in [2.45, 2.75) is 25.1 Å². The minimum absolute atomic E-state index is 0.00642. The summed E-state index contributed by atoms with van der Waals surface area (Å²) < 4.78 is 47.5. The minimum Gasteiger partial charge on any atom is -0.305 e. The lowest BCUT2D eigenvalue weighted by atomic mass is 10.2. The second kappa shape index (κ2) is 10.1. The second-order valence-corrected chi connectivity index (χ2v) is 10.1. The Morgan fingerprint density at radius 2 is 1.28 bits per heavy atom. The highest BCUT2D eigenvalue weighted by Crippen LogP contribution is 2.63. The molecule has 3 aromatic rings. The second-order valence-electron chi connectivity index (χ2n) is 6.60. The molecule has 0 saturated carbocycles. The zero-order chi connectivity index (χ0) is 20.7. The van der Waals surface area contributed by atoms with Crippen LogP contribution >= 0.6 is 7.60 Å². The van der Waals surface area contributed by atoms with Crippen LogP contribution in [0.4, 0.5) is 0 Å². The van der Waals surface area contributed by atoms with Crippen LogP contribution in [-0.2, 0) is 37.9 Å². The first kappa shape index (κ1) is 21.6. The van der Waals surface area contributed by atoms with Gasteiger partial charge in [0.25, 0.3) is 0 Å². The van der Waals surface area contributed by atoms with Gasteiger partial charge < -0.3 is 13.6 Å². The summed E-state index contributed by atoms with van der Waals surface area (Å²) in [6.45, 7) is 1.92. The van der Waals surface area contributed by atoms with Crippen LogP contribution in [0.15, 0.2) is 84.9 Å². The van der Waals surface area contributed by atoms with Crippen LogP contribution in [-0.4, -0.2) is 8.76 Å². The molecule has 0 saturated heterocycles. The van der Waals surface area contributed by atoms with Crippen molar-refractivity contribution in [3.8, 4) is 0 Å². The van der Waals surface area contributed by atoms with Crippen LogP contribution in [0.5, 0.6) is 0 Å². The van der Waals surface area contributed by atoms with Crippen molar-refractivity contribution in [3.05, 3.63) is 107 Å². The van der Waals surface area contributed by atoms with E-state index in [9.17, 15) is 13.3 Å². The molecule has 0 bridgehead atoms. The highest BCUT2D eigenvalue weighted by atomic mass is 32.2. The van der Waals surface area contributed by atoms with Gasteiger partial charge in [-0.2, -0.15) is 0 Å². The fourth-order valence-corrected chi connectivity index (χ4v) is 5.97. The van der Waals surface area contributed by atoms with E-state index < -0.39 is 23.7 Å². The van der Waals surface area contributed by atoms with Crippen LogP contribution in [0.3, 0.4) is 0 Å². The van der Waals surface area contributed by atoms with E-state index in [1.165, 1.54) is 0 Å². The molecule has 2 atom stereocenters. The molecule has 0 amide bonds. The van der Waals surface area contributed by atoms with E-state index in [1.807, 2.05) is 67.6 Å². The van der Waals surface area contributed by atoms with Gasteiger partial charge in [0.15, 0.2) is 16.1 Å². The number of aryl methyl sites for hydroxylation is 1. The van der Waals surface area contributed by atoms with E-state index in [4.69, 9.17) is 9.05 Å². The molecule has 0 heterocycles. The molecule has 2 unspecified atom stereocenters. The van der Waals surface area contributed by atoms with Gasteiger partial charge in [-0.05, 0) is 23.6 Å². The lowest BCUT2D eigenvalue weighted by Gasteiger charge is -2.25. The predicted octanol–water partition coefficient (Wildman–Crippen LogP) is 5.84. The first-order valence-electron chi connectivity index (χ1n) is 9.11. The molecule has 1 N–H and O–H groups in total. The van der Waals surface area contributed by atoms with Crippen LogP contribution in [0, 0.1) is 6.92 Å². The Morgan fingerprint density at radius 3 is 1.69 bits per heavy atom. The van der Waals surface area contributed by atoms with Crippen molar-refractivity contribution in [3.63, 3.8) is 0 Å². The maximum Gasteiger partial charge on any atom is 0.353 e. The van der Waals surface area contributed by atoms with Crippen LogP contribution in [0.2, 0.25) is 0 Å². The molecule has 152 valence electrons. The Labute approximate surface area is 173 Å². The van der Waals surface area contributed by atoms with Gasteiger partial charge in [-0.1, -0.05) is 90.5 Å². The van der Waals surface area contributed by atoms with Gasteiger partial charge in [0, 0.05) is 0 Å². The molecule has 0 fully saturated rings. The summed E-state index contributed by atoms with van der Waals surface area (Å²) in [7, 11) is -4.00. The lowest BCUT2D eigenvalue weighted by Crippen LogP contribution is -2.12. The number of rotatable bonds is 9. The zero-order valence-electron chi connectivity index (χ0n) is 16.0. The first-order valence-corrected chi connectivity index (χ1v) is 11.9. The molecule has 0 spiro atoms. The number of hydrogen-bond acceptors (Lipinski definition) is 4. The van der Waals surface area contributed by atoms with Crippen molar-refractivity contribution in [2.75, 3.05) is 0 Å².